The first-order valence-electron chi connectivity index (χ1n) is 9.81. The van der Waals surface area contributed by atoms with Crippen molar-refractivity contribution in [2.75, 3.05) is 6.61 Å². The molecule has 2 unspecified atom stereocenters. The Balaban J connectivity index is 1.49. The molecule has 0 aromatic heterocycles. The van der Waals surface area contributed by atoms with Gasteiger partial charge in [-0.15, -0.1) is 0 Å². The van der Waals surface area contributed by atoms with Gasteiger partial charge in [0.2, 0.25) is 0 Å². The second-order valence-electron chi connectivity index (χ2n) is 7.73. The van der Waals surface area contributed by atoms with Crippen molar-refractivity contribution >= 4 is 0 Å². The molecule has 0 N–H and O–H groups in total. The molecule has 2 aliphatic rings. The maximum Gasteiger partial charge on any atom is 0.268 e. The third-order valence-corrected chi connectivity index (χ3v) is 5.86. The summed E-state index contributed by atoms with van der Waals surface area (Å²) in [5, 5.41) is 0. The summed E-state index contributed by atoms with van der Waals surface area (Å²) in [5.74, 6) is 2.56. The van der Waals surface area contributed by atoms with Crippen LogP contribution in [0.2, 0.25) is 0 Å². The maximum atomic E-state index is 12.2. The minimum absolute atomic E-state index is 0.352. The lowest BCUT2D eigenvalue weighted by Gasteiger charge is -2.29. The van der Waals surface area contributed by atoms with Crippen LogP contribution in [-0.4, -0.2) is 12.7 Å². The molecule has 0 bridgehead atoms. The highest BCUT2D eigenvalue weighted by Crippen LogP contribution is 2.34. The van der Waals surface area contributed by atoms with Crippen molar-refractivity contribution in [2.45, 2.75) is 90.1 Å². The van der Waals surface area contributed by atoms with Gasteiger partial charge >= 0.3 is 0 Å². The Labute approximate surface area is 140 Å². The molecular weight excluding hydrogens is 294 g/mol. The summed E-state index contributed by atoms with van der Waals surface area (Å²) in [7, 11) is 0. The average Bonchev–Trinajstić information content (AvgIpc) is 2.54. The van der Waals surface area contributed by atoms with Crippen LogP contribution in [0.4, 0.5) is 8.78 Å². The summed E-state index contributed by atoms with van der Waals surface area (Å²) in [6.45, 7) is 2.96. The Bertz CT molecular complexity index is 336. The predicted octanol–water partition coefficient (Wildman–Crippen LogP) is 6.73. The lowest BCUT2D eigenvalue weighted by atomic mass is 9.78. The molecule has 1 saturated carbocycles. The van der Waals surface area contributed by atoms with E-state index in [2.05, 4.69) is 6.92 Å². The average molecular weight is 328 g/mol. The van der Waals surface area contributed by atoms with E-state index in [0.29, 0.717) is 12.5 Å². The fourth-order valence-corrected chi connectivity index (χ4v) is 4.41. The molecule has 0 radical (unpaired) electrons. The van der Waals surface area contributed by atoms with Crippen LogP contribution in [-0.2, 0) is 4.74 Å². The third kappa shape index (κ3) is 7.32. The van der Waals surface area contributed by atoms with Gasteiger partial charge in [0.05, 0.1) is 12.7 Å². The molecule has 1 nitrogen and oxygen atoms in total. The fourth-order valence-electron chi connectivity index (χ4n) is 4.41. The molecule has 3 heteroatoms. The van der Waals surface area contributed by atoms with E-state index in [-0.39, 0.29) is 6.10 Å². The zero-order valence-corrected chi connectivity index (χ0v) is 14.7. The Hall–Kier alpha value is -0.440. The largest absolute Gasteiger partial charge is 0.374 e. The van der Waals surface area contributed by atoms with E-state index < -0.39 is 6.08 Å². The standard InChI is InChI=1S/C20H34F2O/c1-2-5-16-8-10-17(11-9-16)6-3-4-7-18-12-13-19(23-15-18)14-20(21)22/h14,16-19H,2-13,15H2,1H3. The lowest BCUT2D eigenvalue weighted by molar-refractivity contribution is 0.00586. The van der Waals surface area contributed by atoms with Crippen LogP contribution in [0.1, 0.15) is 84.0 Å². The van der Waals surface area contributed by atoms with E-state index in [1.54, 1.807) is 0 Å². The van der Waals surface area contributed by atoms with E-state index in [9.17, 15) is 8.78 Å². The summed E-state index contributed by atoms with van der Waals surface area (Å²) in [6.07, 6.45) is 14.6. The van der Waals surface area contributed by atoms with Gasteiger partial charge in [-0.25, -0.2) is 0 Å². The van der Waals surface area contributed by atoms with Gasteiger partial charge < -0.3 is 4.74 Å². The van der Waals surface area contributed by atoms with E-state index in [0.717, 1.165) is 30.8 Å². The van der Waals surface area contributed by atoms with E-state index in [1.807, 2.05) is 0 Å². The van der Waals surface area contributed by atoms with Crippen LogP contribution in [0.5, 0.6) is 0 Å². The van der Waals surface area contributed by atoms with E-state index in [4.69, 9.17) is 4.74 Å². The van der Waals surface area contributed by atoms with Crippen molar-refractivity contribution in [1.29, 1.82) is 0 Å². The zero-order chi connectivity index (χ0) is 16.5. The van der Waals surface area contributed by atoms with Gasteiger partial charge in [-0.05, 0) is 37.0 Å². The molecule has 2 atom stereocenters. The molecule has 134 valence electrons. The van der Waals surface area contributed by atoms with Gasteiger partial charge in [-0.3, -0.25) is 0 Å². The van der Waals surface area contributed by atoms with Crippen molar-refractivity contribution in [2.24, 2.45) is 17.8 Å². The second-order valence-corrected chi connectivity index (χ2v) is 7.73. The monoisotopic (exact) mass is 328 g/mol. The summed E-state index contributed by atoms with van der Waals surface area (Å²) in [5.41, 5.74) is 0. The van der Waals surface area contributed by atoms with Crippen LogP contribution in [0, 0.1) is 17.8 Å². The lowest BCUT2D eigenvalue weighted by Crippen LogP contribution is -2.24. The Morgan fingerprint density at radius 1 is 0.870 bits per heavy atom. The molecule has 0 spiro atoms. The maximum absolute atomic E-state index is 12.2. The molecule has 0 aromatic rings. The first-order chi connectivity index (χ1) is 11.2. The van der Waals surface area contributed by atoms with Crippen LogP contribution in [0.3, 0.4) is 0 Å². The Morgan fingerprint density at radius 2 is 1.43 bits per heavy atom. The molecule has 1 aliphatic carbocycles. The van der Waals surface area contributed by atoms with Crippen molar-refractivity contribution < 1.29 is 13.5 Å². The normalized spacial score (nSPS) is 31.8. The van der Waals surface area contributed by atoms with Gasteiger partial charge in [0.25, 0.3) is 6.08 Å². The van der Waals surface area contributed by atoms with Crippen LogP contribution in [0.25, 0.3) is 0 Å². The van der Waals surface area contributed by atoms with E-state index >= 15 is 0 Å². The van der Waals surface area contributed by atoms with Crippen molar-refractivity contribution in [1.82, 2.24) is 0 Å². The van der Waals surface area contributed by atoms with Crippen molar-refractivity contribution in [3.8, 4) is 0 Å². The number of rotatable bonds is 8. The quantitative estimate of drug-likeness (QED) is 0.449. The molecule has 0 amide bonds. The molecule has 1 saturated heterocycles. The van der Waals surface area contributed by atoms with Gasteiger partial charge in [0, 0.05) is 6.08 Å². The van der Waals surface area contributed by atoms with Crippen molar-refractivity contribution in [3.63, 3.8) is 0 Å². The summed E-state index contributed by atoms with van der Waals surface area (Å²) in [4.78, 5) is 0. The SMILES string of the molecule is CCCC1CCC(CCCCC2CCC(C=C(F)F)OC2)CC1. The number of ether oxygens (including phenoxy) is 1. The first kappa shape index (κ1) is 18.9. The number of unbranched alkanes of at least 4 members (excludes halogenated alkanes) is 1. The molecule has 2 rings (SSSR count). The summed E-state index contributed by atoms with van der Waals surface area (Å²) < 4.78 is 29.9. The minimum atomic E-state index is -1.61. The van der Waals surface area contributed by atoms with Gasteiger partial charge in [-0.2, -0.15) is 8.78 Å². The second kappa shape index (κ2) is 10.4. The highest BCUT2D eigenvalue weighted by molar-refractivity contribution is 4.91. The van der Waals surface area contributed by atoms with Crippen LogP contribution >= 0.6 is 0 Å². The number of hydrogen-bond donors (Lipinski definition) is 0. The molecule has 1 heterocycles. The predicted molar refractivity (Wildman–Crippen MR) is 91.6 cm³/mol. The van der Waals surface area contributed by atoms with Crippen LogP contribution in [0.15, 0.2) is 12.2 Å². The van der Waals surface area contributed by atoms with Gasteiger partial charge in [0.1, 0.15) is 0 Å². The van der Waals surface area contributed by atoms with Gasteiger partial charge in [-0.1, -0.05) is 64.7 Å². The molecular formula is C20H34F2O. The zero-order valence-electron chi connectivity index (χ0n) is 14.7. The Morgan fingerprint density at radius 3 is 1.96 bits per heavy atom. The summed E-state index contributed by atoms with van der Waals surface area (Å²) in [6, 6.07) is 0. The molecule has 23 heavy (non-hydrogen) atoms. The first-order valence-corrected chi connectivity index (χ1v) is 9.81. The van der Waals surface area contributed by atoms with E-state index in [1.165, 1.54) is 64.2 Å². The highest BCUT2D eigenvalue weighted by Gasteiger charge is 2.22. The number of hydrogen-bond acceptors (Lipinski definition) is 1. The third-order valence-electron chi connectivity index (χ3n) is 5.86. The molecule has 1 aliphatic heterocycles. The molecule has 0 aromatic carbocycles. The Kier molecular flexibility index (Phi) is 8.57. The molecule has 2 fully saturated rings. The van der Waals surface area contributed by atoms with Crippen LogP contribution < -0.4 is 0 Å². The topological polar surface area (TPSA) is 9.23 Å². The minimum Gasteiger partial charge on any atom is -0.374 e. The summed E-state index contributed by atoms with van der Waals surface area (Å²) >= 11 is 0. The highest BCUT2D eigenvalue weighted by atomic mass is 19.3. The number of halogens is 2. The fraction of sp³-hybridized carbons (Fsp3) is 0.900. The van der Waals surface area contributed by atoms with Crippen molar-refractivity contribution in [3.05, 3.63) is 12.2 Å². The van der Waals surface area contributed by atoms with Gasteiger partial charge in [0.15, 0.2) is 0 Å². The smallest absolute Gasteiger partial charge is 0.268 e.